The highest BCUT2D eigenvalue weighted by Gasteiger charge is 2.10. The van der Waals surface area contributed by atoms with Crippen LogP contribution in [0.25, 0.3) is 0 Å². The van der Waals surface area contributed by atoms with E-state index in [-0.39, 0.29) is 0 Å². The summed E-state index contributed by atoms with van der Waals surface area (Å²) in [4.78, 5) is 6.13. The van der Waals surface area contributed by atoms with Crippen LogP contribution < -0.4 is 10.6 Å². The monoisotopic (exact) mass is 251 g/mol. The van der Waals surface area contributed by atoms with Gasteiger partial charge in [0.05, 0.1) is 5.69 Å². The zero-order valence-corrected chi connectivity index (χ0v) is 10.3. The van der Waals surface area contributed by atoms with Crippen LogP contribution in [-0.4, -0.2) is 12.0 Å². The maximum Gasteiger partial charge on any atom is 0.297 e. The van der Waals surface area contributed by atoms with Crippen molar-refractivity contribution >= 4 is 17.6 Å². The third-order valence-electron chi connectivity index (χ3n) is 2.44. The lowest BCUT2D eigenvalue weighted by molar-refractivity contribution is 0.544. The molecule has 0 saturated carbocycles. The minimum absolute atomic E-state index is 0.378. The average Bonchev–Trinajstić information content (AvgIpc) is 2.81. The Morgan fingerprint density at radius 2 is 2.18 bits per heavy atom. The molecule has 0 fully saturated rings. The molecule has 0 radical (unpaired) electrons. The molecule has 5 heteroatoms. The van der Waals surface area contributed by atoms with Crippen molar-refractivity contribution in [1.82, 2.24) is 4.98 Å². The van der Waals surface area contributed by atoms with Gasteiger partial charge in [-0.15, -0.1) is 0 Å². The smallest absolute Gasteiger partial charge is 0.297 e. The molecule has 90 valence electrons. The molecule has 1 aromatic carbocycles. The predicted molar refractivity (Wildman–Crippen MR) is 68.0 cm³/mol. The van der Waals surface area contributed by atoms with Gasteiger partial charge in [-0.25, -0.2) is 0 Å². The van der Waals surface area contributed by atoms with Crippen molar-refractivity contribution in [3.63, 3.8) is 0 Å². The van der Waals surface area contributed by atoms with Gasteiger partial charge < -0.3 is 15.1 Å². The Bertz CT molecular complexity index is 498. The summed E-state index contributed by atoms with van der Waals surface area (Å²) in [5, 5.41) is 0.741. The summed E-state index contributed by atoms with van der Waals surface area (Å²) in [7, 11) is 1.90. The summed E-state index contributed by atoms with van der Waals surface area (Å²) in [5.74, 6) is 0. The van der Waals surface area contributed by atoms with E-state index in [2.05, 4.69) is 4.98 Å². The Morgan fingerprint density at radius 3 is 2.82 bits per heavy atom. The first kappa shape index (κ1) is 12.0. The lowest BCUT2D eigenvalue weighted by Gasteiger charge is -2.15. The van der Waals surface area contributed by atoms with E-state index in [9.17, 15) is 0 Å². The second kappa shape index (κ2) is 5.21. The maximum atomic E-state index is 6.09. The molecule has 2 rings (SSSR count). The fraction of sp³-hybridized carbons (Fsp3) is 0.250. The van der Waals surface area contributed by atoms with Crippen LogP contribution in [0.5, 0.6) is 0 Å². The molecular weight excluding hydrogens is 238 g/mol. The largest absolute Gasteiger partial charge is 0.432 e. The van der Waals surface area contributed by atoms with E-state index in [0.29, 0.717) is 19.1 Å². The number of oxazole rings is 1. The molecule has 1 heterocycles. The van der Waals surface area contributed by atoms with E-state index in [4.69, 9.17) is 21.8 Å². The highest BCUT2D eigenvalue weighted by molar-refractivity contribution is 6.31. The van der Waals surface area contributed by atoms with E-state index in [1.54, 1.807) is 6.26 Å². The fourth-order valence-electron chi connectivity index (χ4n) is 1.52. The van der Waals surface area contributed by atoms with Crippen LogP contribution in [0.4, 0.5) is 6.01 Å². The summed E-state index contributed by atoms with van der Waals surface area (Å²) in [6, 6.07) is 8.25. The van der Waals surface area contributed by atoms with Crippen molar-refractivity contribution in [3.05, 3.63) is 46.8 Å². The van der Waals surface area contributed by atoms with Gasteiger partial charge in [0.1, 0.15) is 6.26 Å². The summed E-state index contributed by atoms with van der Waals surface area (Å²) in [6.07, 6.45) is 1.57. The van der Waals surface area contributed by atoms with Gasteiger partial charge in [-0.3, -0.25) is 0 Å². The van der Waals surface area contributed by atoms with Crippen LogP contribution in [0.1, 0.15) is 11.3 Å². The second-order valence-electron chi connectivity index (χ2n) is 3.77. The van der Waals surface area contributed by atoms with E-state index >= 15 is 0 Å². The fourth-order valence-corrected chi connectivity index (χ4v) is 1.71. The number of aromatic nitrogens is 1. The van der Waals surface area contributed by atoms with E-state index in [1.807, 2.05) is 36.2 Å². The van der Waals surface area contributed by atoms with Crippen molar-refractivity contribution in [2.45, 2.75) is 13.1 Å². The molecule has 0 saturated heterocycles. The van der Waals surface area contributed by atoms with E-state index in [0.717, 1.165) is 16.3 Å². The van der Waals surface area contributed by atoms with E-state index in [1.165, 1.54) is 0 Å². The van der Waals surface area contributed by atoms with Crippen LogP contribution in [-0.2, 0) is 13.1 Å². The van der Waals surface area contributed by atoms with E-state index < -0.39 is 0 Å². The molecule has 0 atom stereocenters. The normalized spacial score (nSPS) is 10.5. The van der Waals surface area contributed by atoms with Gasteiger partial charge in [-0.2, -0.15) is 4.98 Å². The molecule has 17 heavy (non-hydrogen) atoms. The molecular formula is C12H14ClN3O. The van der Waals surface area contributed by atoms with Gasteiger partial charge in [-0.1, -0.05) is 29.8 Å². The average molecular weight is 252 g/mol. The Hall–Kier alpha value is -1.52. The number of nitrogens with two attached hydrogens (primary N) is 1. The molecule has 4 nitrogen and oxygen atoms in total. The highest BCUT2D eigenvalue weighted by Crippen LogP contribution is 2.19. The molecule has 0 bridgehead atoms. The Labute approximate surface area is 105 Å². The van der Waals surface area contributed by atoms with Gasteiger partial charge in [0.15, 0.2) is 0 Å². The molecule has 0 aliphatic carbocycles. The van der Waals surface area contributed by atoms with Crippen molar-refractivity contribution in [2.24, 2.45) is 5.73 Å². The van der Waals surface area contributed by atoms with Crippen LogP contribution in [0, 0.1) is 0 Å². The minimum atomic E-state index is 0.378. The number of hydrogen-bond acceptors (Lipinski definition) is 4. The zero-order valence-electron chi connectivity index (χ0n) is 9.56. The van der Waals surface area contributed by atoms with Crippen LogP contribution in [0.15, 0.2) is 34.9 Å². The number of hydrogen-bond donors (Lipinski definition) is 1. The first-order chi connectivity index (χ1) is 8.20. The summed E-state index contributed by atoms with van der Waals surface area (Å²) >= 11 is 6.09. The first-order valence-electron chi connectivity index (χ1n) is 5.29. The molecule has 0 aliphatic heterocycles. The predicted octanol–water partition coefficient (Wildman–Crippen LogP) is 2.42. The van der Waals surface area contributed by atoms with Gasteiger partial charge in [-0.05, 0) is 11.6 Å². The van der Waals surface area contributed by atoms with Crippen molar-refractivity contribution in [3.8, 4) is 0 Å². The molecule has 2 N–H and O–H groups in total. The highest BCUT2D eigenvalue weighted by atomic mass is 35.5. The molecule has 0 amide bonds. The van der Waals surface area contributed by atoms with Gasteiger partial charge in [0, 0.05) is 25.2 Å². The summed E-state index contributed by atoms with van der Waals surface area (Å²) in [6.45, 7) is 1.02. The van der Waals surface area contributed by atoms with Crippen molar-refractivity contribution in [2.75, 3.05) is 11.9 Å². The number of halogens is 1. The number of rotatable bonds is 4. The SMILES string of the molecule is CN(Cc1ccccc1Cl)c1nc(CN)co1. The quantitative estimate of drug-likeness (QED) is 0.907. The Morgan fingerprint density at radius 1 is 1.41 bits per heavy atom. The van der Waals surface area contributed by atoms with Gasteiger partial charge >= 0.3 is 0 Å². The second-order valence-corrected chi connectivity index (χ2v) is 4.18. The maximum absolute atomic E-state index is 6.09. The van der Waals surface area contributed by atoms with Crippen LogP contribution in [0.3, 0.4) is 0 Å². The van der Waals surface area contributed by atoms with Crippen LogP contribution >= 0.6 is 11.6 Å². The molecule has 0 spiro atoms. The van der Waals surface area contributed by atoms with Crippen molar-refractivity contribution in [1.29, 1.82) is 0 Å². The third-order valence-corrected chi connectivity index (χ3v) is 2.81. The van der Waals surface area contributed by atoms with Gasteiger partial charge in [0.2, 0.25) is 0 Å². The lowest BCUT2D eigenvalue weighted by atomic mass is 10.2. The first-order valence-corrected chi connectivity index (χ1v) is 5.67. The topological polar surface area (TPSA) is 55.3 Å². The number of benzene rings is 1. The summed E-state index contributed by atoms with van der Waals surface area (Å²) < 4.78 is 5.32. The molecule has 0 unspecified atom stereocenters. The third kappa shape index (κ3) is 2.78. The van der Waals surface area contributed by atoms with Crippen LogP contribution in [0.2, 0.25) is 5.02 Å². The van der Waals surface area contributed by atoms with Crippen molar-refractivity contribution < 1.29 is 4.42 Å². The van der Waals surface area contributed by atoms with Gasteiger partial charge in [0.25, 0.3) is 6.01 Å². The Kier molecular flexibility index (Phi) is 3.66. The number of nitrogens with zero attached hydrogens (tertiary/aromatic N) is 2. The standard InChI is InChI=1S/C12H14ClN3O/c1-16(12-15-10(6-14)8-17-12)7-9-4-2-3-5-11(9)13/h2-5,8H,6-7,14H2,1H3. The molecule has 2 aromatic rings. The Balaban J connectivity index is 2.11. The molecule has 1 aromatic heterocycles. The zero-order chi connectivity index (χ0) is 12.3. The lowest BCUT2D eigenvalue weighted by Crippen LogP contribution is -2.17. The number of anilines is 1. The summed E-state index contributed by atoms with van der Waals surface area (Å²) in [5.41, 5.74) is 7.25. The molecule has 0 aliphatic rings. The minimum Gasteiger partial charge on any atom is -0.432 e.